The van der Waals surface area contributed by atoms with Gasteiger partial charge in [0.15, 0.2) is 0 Å². The minimum atomic E-state index is 0.0106. The lowest BCUT2D eigenvalue weighted by Gasteiger charge is -2.33. The van der Waals surface area contributed by atoms with Crippen molar-refractivity contribution in [3.8, 4) is 5.69 Å². The van der Waals surface area contributed by atoms with Crippen LogP contribution < -0.4 is 0 Å². The molecule has 1 aliphatic rings. The number of benzene rings is 1. The molecule has 0 spiro atoms. The van der Waals surface area contributed by atoms with Crippen LogP contribution in [0.15, 0.2) is 30.3 Å². The van der Waals surface area contributed by atoms with E-state index in [1.165, 1.54) is 11.3 Å². The van der Waals surface area contributed by atoms with Crippen LogP contribution in [0.4, 0.5) is 0 Å². The van der Waals surface area contributed by atoms with Gasteiger partial charge in [0.25, 0.3) is 5.91 Å². The number of aryl methyl sites for hydroxylation is 1. The Morgan fingerprint density at radius 2 is 1.81 bits per heavy atom. The first kappa shape index (κ1) is 18.0. The number of halogens is 1. The van der Waals surface area contributed by atoms with Gasteiger partial charge in [-0.2, -0.15) is 5.10 Å². The van der Waals surface area contributed by atoms with Crippen molar-refractivity contribution in [1.82, 2.24) is 19.6 Å². The summed E-state index contributed by atoms with van der Waals surface area (Å²) in [4.78, 5) is 29.6. The third-order valence-corrected chi connectivity index (χ3v) is 6.15. The number of nitrogens with zero attached hydrogens (tertiary/aromatic N) is 4. The highest BCUT2D eigenvalue weighted by Gasteiger charge is 2.25. The Kier molecular flexibility index (Phi) is 4.65. The van der Waals surface area contributed by atoms with Crippen molar-refractivity contribution in [3.63, 3.8) is 0 Å². The van der Waals surface area contributed by atoms with Gasteiger partial charge in [-0.3, -0.25) is 9.59 Å². The fraction of sp³-hybridized carbons (Fsp3) is 0.316. The first-order valence-electron chi connectivity index (χ1n) is 8.74. The zero-order valence-corrected chi connectivity index (χ0v) is 16.7. The molecule has 8 heteroatoms. The van der Waals surface area contributed by atoms with Crippen LogP contribution in [0.2, 0.25) is 5.02 Å². The maximum atomic E-state index is 12.9. The molecule has 0 aliphatic carbocycles. The number of rotatable bonds is 2. The number of thiophene rings is 1. The Labute approximate surface area is 165 Å². The molecule has 1 fully saturated rings. The predicted molar refractivity (Wildman–Crippen MR) is 107 cm³/mol. The lowest BCUT2D eigenvalue weighted by Crippen LogP contribution is -2.49. The van der Waals surface area contributed by atoms with Crippen LogP contribution in [0, 0.1) is 6.92 Å². The smallest absolute Gasteiger partial charge is 0.264 e. The molecule has 1 aliphatic heterocycles. The van der Waals surface area contributed by atoms with E-state index in [-0.39, 0.29) is 11.8 Å². The van der Waals surface area contributed by atoms with Crippen molar-refractivity contribution in [2.24, 2.45) is 0 Å². The topological polar surface area (TPSA) is 58.4 Å². The summed E-state index contributed by atoms with van der Waals surface area (Å²) < 4.78 is 1.84. The largest absolute Gasteiger partial charge is 0.339 e. The van der Waals surface area contributed by atoms with Crippen LogP contribution in [0.1, 0.15) is 22.3 Å². The lowest BCUT2D eigenvalue weighted by atomic mass is 10.2. The maximum Gasteiger partial charge on any atom is 0.264 e. The summed E-state index contributed by atoms with van der Waals surface area (Å²) >= 11 is 7.56. The first-order chi connectivity index (χ1) is 12.9. The van der Waals surface area contributed by atoms with Gasteiger partial charge in [0.05, 0.1) is 16.3 Å². The van der Waals surface area contributed by atoms with E-state index < -0.39 is 0 Å². The van der Waals surface area contributed by atoms with E-state index in [4.69, 9.17) is 11.6 Å². The predicted octanol–water partition coefficient (Wildman–Crippen LogP) is 3.35. The molecule has 3 heterocycles. The van der Waals surface area contributed by atoms with Crippen LogP contribution in [0.5, 0.6) is 0 Å². The minimum Gasteiger partial charge on any atom is -0.339 e. The van der Waals surface area contributed by atoms with Gasteiger partial charge in [-0.1, -0.05) is 17.7 Å². The highest BCUT2D eigenvalue weighted by atomic mass is 35.5. The third-order valence-electron chi connectivity index (χ3n) is 4.82. The van der Waals surface area contributed by atoms with Gasteiger partial charge in [0.1, 0.15) is 4.83 Å². The number of hydrogen-bond acceptors (Lipinski definition) is 4. The van der Waals surface area contributed by atoms with Gasteiger partial charge in [0.2, 0.25) is 5.91 Å². The zero-order chi connectivity index (χ0) is 19.1. The van der Waals surface area contributed by atoms with Gasteiger partial charge in [-0.25, -0.2) is 4.68 Å². The van der Waals surface area contributed by atoms with E-state index in [2.05, 4.69) is 5.10 Å². The molecule has 0 radical (unpaired) electrons. The average molecular weight is 403 g/mol. The van der Waals surface area contributed by atoms with Gasteiger partial charge in [0, 0.05) is 43.5 Å². The second-order valence-corrected chi connectivity index (χ2v) is 8.07. The molecule has 1 saturated heterocycles. The van der Waals surface area contributed by atoms with Crippen molar-refractivity contribution >= 4 is 45.0 Å². The second kappa shape index (κ2) is 6.98. The first-order valence-corrected chi connectivity index (χ1v) is 9.93. The van der Waals surface area contributed by atoms with Crippen molar-refractivity contribution in [3.05, 3.63) is 45.9 Å². The standard InChI is InChI=1S/C19H19ClN4O2S/c1-12-16-11-17(18(26)23-8-6-22(7-9-23)13(2)25)27-19(16)24(21-12)15-5-3-4-14(20)10-15/h3-5,10-11H,6-9H2,1-2H3. The Bertz CT molecular complexity index is 1030. The Hall–Kier alpha value is -2.38. The molecule has 1 aromatic carbocycles. The maximum absolute atomic E-state index is 12.9. The molecule has 2 amide bonds. The monoisotopic (exact) mass is 402 g/mol. The average Bonchev–Trinajstić information content (AvgIpc) is 3.22. The molecule has 0 N–H and O–H groups in total. The summed E-state index contributed by atoms with van der Waals surface area (Å²) in [6.07, 6.45) is 0. The Morgan fingerprint density at radius 3 is 2.48 bits per heavy atom. The summed E-state index contributed by atoms with van der Waals surface area (Å²) in [5, 5.41) is 6.22. The Balaban J connectivity index is 1.63. The van der Waals surface area contributed by atoms with Gasteiger partial charge in [-0.15, -0.1) is 11.3 Å². The van der Waals surface area contributed by atoms with Crippen molar-refractivity contribution in [1.29, 1.82) is 0 Å². The van der Waals surface area contributed by atoms with E-state index in [0.29, 0.717) is 36.1 Å². The van der Waals surface area contributed by atoms with Crippen molar-refractivity contribution in [2.45, 2.75) is 13.8 Å². The molecule has 3 aromatic rings. The van der Waals surface area contributed by atoms with Crippen LogP contribution in [0.25, 0.3) is 15.9 Å². The molecular formula is C19H19ClN4O2S. The van der Waals surface area contributed by atoms with Gasteiger partial charge >= 0.3 is 0 Å². The second-order valence-electron chi connectivity index (χ2n) is 6.60. The molecule has 0 saturated carbocycles. The number of hydrogen-bond donors (Lipinski definition) is 0. The summed E-state index contributed by atoms with van der Waals surface area (Å²) in [7, 11) is 0. The molecule has 0 atom stereocenters. The van der Waals surface area contributed by atoms with Crippen LogP contribution in [-0.4, -0.2) is 57.6 Å². The summed E-state index contributed by atoms with van der Waals surface area (Å²) in [5.74, 6) is 0.0673. The quantitative estimate of drug-likeness (QED) is 0.660. The SMILES string of the molecule is CC(=O)N1CCN(C(=O)c2cc3c(C)nn(-c4cccc(Cl)c4)c3s2)CC1. The molecular weight excluding hydrogens is 384 g/mol. The minimum absolute atomic E-state index is 0.0106. The number of amides is 2. The molecule has 2 aromatic heterocycles. The van der Waals surface area contributed by atoms with E-state index in [9.17, 15) is 9.59 Å². The third kappa shape index (κ3) is 3.33. The van der Waals surface area contributed by atoms with Gasteiger partial charge < -0.3 is 9.80 Å². The van der Waals surface area contributed by atoms with Crippen LogP contribution in [0.3, 0.4) is 0 Å². The van der Waals surface area contributed by atoms with Gasteiger partial charge in [-0.05, 0) is 31.2 Å². The lowest BCUT2D eigenvalue weighted by molar-refractivity contribution is -0.130. The molecule has 0 unspecified atom stereocenters. The summed E-state index contributed by atoms with van der Waals surface area (Å²) in [6.45, 7) is 5.80. The number of piperazine rings is 1. The van der Waals surface area contributed by atoms with Crippen LogP contribution in [-0.2, 0) is 4.79 Å². The highest BCUT2D eigenvalue weighted by molar-refractivity contribution is 7.20. The normalized spacial score (nSPS) is 14.8. The summed E-state index contributed by atoms with van der Waals surface area (Å²) in [6, 6.07) is 9.43. The number of fused-ring (bicyclic) bond motifs is 1. The zero-order valence-electron chi connectivity index (χ0n) is 15.1. The number of aromatic nitrogens is 2. The molecule has 6 nitrogen and oxygen atoms in total. The van der Waals surface area contributed by atoms with E-state index in [1.54, 1.807) is 11.8 Å². The fourth-order valence-electron chi connectivity index (χ4n) is 3.32. The van der Waals surface area contributed by atoms with E-state index >= 15 is 0 Å². The fourth-order valence-corrected chi connectivity index (χ4v) is 4.65. The number of carbonyl (C=O) groups is 2. The molecule has 0 bridgehead atoms. The summed E-state index contributed by atoms with van der Waals surface area (Å²) in [5.41, 5.74) is 1.75. The molecule has 27 heavy (non-hydrogen) atoms. The van der Waals surface area contributed by atoms with Crippen LogP contribution >= 0.6 is 22.9 Å². The molecule has 4 rings (SSSR count). The van der Waals surface area contributed by atoms with Crippen molar-refractivity contribution < 1.29 is 9.59 Å². The van der Waals surface area contributed by atoms with E-state index in [0.717, 1.165) is 21.6 Å². The Morgan fingerprint density at radius 1 is 1.11 bits per heavy atom. The molecule has 140 valence electrons. The van der Waals surface area contributed by atoms with Crippen molar-refractivity contribution in [2.75, 3.05) is 26.2 Å². The number of carbonyl (C=O) groups excluding carboxylic acids is 2. The van der Waals surface area contributed by atoms with E-state index in [1.807, 2.05) is 46.8 Å². The highest BCUT2D eigenvalue weighted by Crippen LogP contribution is 2.31.